The lowest BCUT2D eigenvalue weighted by atomic mass is 10.2. The number of aromatic nitrogens is 1. The summed E-state index contributed by atoms with van der Waals surface area (Å²) in [4.78, 5) is 14.8. The van der Waals surface area contributed by atoms with Gasteiger partial charge < -0.3 is 14.0 Å². The zero-order chi connectivity index (χ0) is 14.8. The number of fused-ring (bicyclic) bond motifs is 1. The summed E-state index contributed by atoms with van der Waals surface area (Å²) in [5.74, 6) is 0. The summed E-state index contributed by atoms with van der Waals surface area (Å²) in [7, 11) is -3.60. The molecule has 0 aliphatic carbocycles. The molecule has 0 radical (unpaired) electrons. The molecule has 1 aromatic carbocycles. The average Bonchev–Trinajstić information content (AvgIpc) is 2.38. The summed E-state index contributed by atoms with van der Waals surface area (Å²) < 4.78 is 23.0. The number of nitrogens with one attached hydrogen (secondary N) is 1. The van der Waals surface area contributed by atoms with Crippen molar-refractivity contribution < 1.29 is 13.6 Å². The predicted molar refractivity (Wildman–Crippen MR) is 80.1 cm³/mol. The molecule has 0 bridgehead atoms. The number of aromatic amines is 1. The van der Waals surface area contributed by atoms with Gasteiger partial charge in [0.05, 0.1) is 13.2 Å². The molecule has 0 amide bonds. The first-order chi connectivity index (χ1) is 9.50. The summed E-state index contributed by atoms with van der Waals surface area (Å²) in [5.41, 5.74) is 0.0794. The molecule has 0 spiro atoms. The quantitative estimate of drug-likeness (QED) is 0.861. The lowest BCUT2D eigenvalue weighted by Crippen LogP contribution is -2.29. The van der Waals surface area contributed by atoms with Gasteiger partial charge in [0.2, 0.25) is 0 Å². The minimum absolute atomic E-state index is 0.0102. The van der Waals surface area contributed by atoms with Gasteiger partial charge in [0, 0.05) is 10.5 Å². The van der Waals surface area contributed by atoms with Crippen molar-refractivity contribution in [3.63, 3.8) is 0 Å². The van der Waals surface area contributed by atoms with E-state index in [0.29, 0.717) is 15.9 Å². The molecular weight excluding hydrogens is 301 g/mol. The Morgan fingerprint density at radius 2 is 1.85 bits per heavy atom. The first-order valence-corrected chi connectivity index (χ1v) is 8.14. The van der Waals surface area contributed by atoms with Gasteiger partial charge >= 0.3 is 7.60 Å². The molecule has 1 aromatic heterocycles. The molecule has 0 saturated carbocycles. The van der Waals surface area contributed by atoms with Crippen molar-refractivity contribution >= 4 is 35.4 Å². The fourth-order valence-corrected chi connectivity index (χ4v) is 3.69. The Bertz CT molecular complexity index is 718. The van der Waals surface area contributed by atoms with E-state index in [-0.39, 0.29) is 18.5 Å². The molecule has 0 saturated heterocycles. The molecule has 0 fully saturated rings. The zero-order valence-corrected chi connectivity index (χ0v) is 12.8. The minimum Gasteiger partial charge on any atom is -0.321 e. The number of halogens is 1. The van der Waals surface area contributed by atoms with Gasteiger partial charge in [0.1, 0.15) is 5.30 Å². The van der Waals surface area contributed by atoms with Crippen molar-refractivity contribution in [1.29, 1.82) is 0 Å². The Morgan fingerprint density at radius 3 is 2.45 bits per heavy atom. The van der Waals surface area contributed by atoms with Crippen molar-refractivity contribution in [2.45, 2.75) is 13.8 Å². The molecular formula is C13H15ClNO4P. The van der Waals surface area contributed by atoms with E-state index in [1.54, 1.807) is 32.0 Å². The highest BCUT2D eigenvalue weighted by atomic mass is 35.5. The number of hydrogen-bond acceptors (Lipinski definition) is 4. The van der Waals surface area contributed by atoms with Crippen LogP contribution in [0.15, 0.2) is 29.1 Å². The van der Waals surface area contributed by atoms with Gasteiger partial charge in [-0.15, -0.1) is 0 Å². The summed E-state index contributed by atoms with van der Waals surface area (Å²) in [6.07, 6.45) is 0. The number of benzene rings is 1. The van der Waals surface area contributed by atoms with Gasteiger partial charge in [-0.1, -0.05) is 17.7 Å². The molecule has 0 aliphatic heterocycles. The van der Waals surface area contributed by atoms with Crippen molar-refractivity contribution in [2.75, 3.05) is 13.2 Å². The topological polar surface area (TPSA) is 68.4 Å². The summed E-state index contributed by atoms with van der Waals surface area (Å²) in [5, 5.41) is 1.23. The van der Waals surface area contributed by atoms with Gasteiger partial charge in [-0.2, -0.15) is 0 Å². The molecule has 2 aromatic rings. The number of pyridine rings is 1. The highest BCUT2D eigenvalue weighted by Gasteiger charge is 2.30. The van der Waals surface area contributed by atoms with E-state index in [9.17, 15) is 9.36 Å². The molecule has 0 aliphatic rings. The Hall–Kier alpha value is -1.13. The monoisotopic (exact) mass is 315 g/mol. The van der Waals surface area contributed by atoms with Gasteiger partial charge in [-0.05, 0) is 37.4 Å². The summed E-state index contributed by atoms with van der Waals surface area (Å²) >= 11 is 5.87. The van der Waals surface area contributed by atoms with Crippen LogP contribution < -0.4 is 10.9 Å². The fourth-order valence-electron chi connectivity index (χ4n) is 1.88. The standard InChI is InChI=1S/C13H15ClNO4P/c1-3-18-20(17,19-4-2)12-7-9-5-6-10(14)8-11(9)15-13(12)16/h5-8H,3-4H2,1-2H3,(H,15,16). The maximum atomic E-state index is 12.7. The van der Waals surface area contributed by atoms with Crippen LogP contribution in [-0.4, -0.2) is 18.2 Å². The maximum absolute atomic E-state index is 12.7. The first kappa shape index (κ1) is 15.3. The smallest absolute Gasteiger partial charge is 0.321 e. The van der Waals surface area contributed by atoms with E-state index < -0.39 is 13.2 Å². The van der Waals surface area contributed by atoms with E-state index in [1.165, 1.54) is 6.07 Å². The molecule has 2 rings (SSSR count). The van der Waals surface area contributed by atoms with Crippen LogP contribution in [0, 0.1) is 0 Å². The summed E-state index contributed by atoms with van der Waals surface area (Å²) in [6, 6.07) is 6.59. The van der Waals surface area contributed by atoms with Gasteiger partial charge in [-0.25, -0.2) is 0 Å². The van der Waals surface area contributed by atoms with E-state index in [0.717, 1.165) is 0 Å². The third-order valence-electron chi connectivity index (χ3n) is 2.68. The molecule has 1 heterocycles. The lowest BCUT2D eigenvalue weighted by Gasteiger charge is -2.16. The van der Waals surface area contributed by atoms with Crippen molar-refractivity contribution in [1.82, 2.24) is 4.98 Å². The Balaban J connectivity index is 2.64. The van der Waals surface area contributed by atoms with Crippen LogP contribution >= 0.6 is 19.2 Å². The van der Waals surface area contributed by atoms with E-state index in [4.69, 9.17) is 20.6 Å². The first-order valence-electron chi connectivity index (χ1n) is 6.22. The zero-order valence-electron chi connectivity index (χ0n) is 11.2. The van der Waals surface area contributed by atoms with Crippen LogP contribution in [0.2, 0.25) is 5.02 Å². The minimum atomic E-state index is -3.60. The average molecular weight is 316 g/mol. The molecule has 20 heavy (non-hydrogen) atoms. The molecule has 108 valence electrons. The Kier molecular flexibility index (Phi) is 4.66. The predicted octanol–water partition coefficient (Wildman–Crippen LogP) is 3.07. The van der Waals surface area contributed by atoms with E-state index in [2.05, 4.69) is 4.98 Å². The van der Waals surface area contributed by atoms with Crippen molar-refractivity contribution in [3.05, 3.63) is 39.6 Å². The summed E-state index contributed by atoms with van der Waals surface area (Å²) in [6.45, 7) is 3.77. The van der Waals surface area contributed by atoms with Crippen molar-refractivity contribution in [3.8, 4) is 0 Å². The highest BCUT2D eigenvalue weighted by Crippen LogP contribution is 2.45. The number of hydrogen-bond donors (Lipinski definition) is 1. The van der Waals surface area contributed by atoms with Gasteiger partial charge in [0.25, 0.3) is 5.56 Å². The van der Waals surface area contributed by atoms with Gasteiger partial charge in [0.15, 0.2) is 0 Å². The maximum Gasteiger partial charge on any atom is 0.366 e. The third-order valence-corrected chi connectivity index (χ3v) is 5.04. The second-order valence-corrected chi connectivity index (χ2v) is 6.48. The SMILES string of the molecule is CCOP(=O)(OCC)c1cc2ccc(Cl)cc2[nH]c1=O. The highest BCUT2D eigenvalue weighted by molar-refractivity contribution is 7.62. The largest absolute Gasteiger partial charge is 0.366 e. The normalized spacial score (nSPS) is 11.9. The fraction of sp³-hybridized carbons (Fsp3) is 0.308. The van der Waals surface area contributed by atoms with Crippen molar-refractivity contribution in [2.24, 2.45) is 0 Å². The number of rotatable bonds is 5. The van der Waals surface area contributed by atoms with Crippen LogP contribution in [0.5, 0.6) is 0 Å². The molecule has 0 atom stereocenters. The third kappa shape index (κ3) is 2.96. The lowest BCUT2D eigenvalue weighted by molar-refractivity contribution is 0.229. The Morgan fingerprint density at radius 1 is 1.20 bits per heavy atom. The second kappa shape index (κ2) is 6.10. The molecule has 1 N–H and O–H groups in total. The second-order valence-electron chi connectivity index (χ2n) is 4.05. The van der Waals surface area contributed by atoms with E-state index >= 15 is 0 Å². The van der Waals surface area contributed by atoms with E-state index in [1.807, 2.05) is 0 Å². The number of H-pyrrole nitrogens is 1. The van der Waals surface area contributed by atoms with Gasteiger partial charge in [-0.3, -0.25) is 9.36 Å². The van der Waals surface area contributed by atoms with Crippen LogP contribution in [0.3, 0.4) is 0 Å². The molecule has 5 nitrogen and oxygen atoms in total. The van der Waals surface area contributed by atoms with Crippen LogP contribution in [0.1, 0.15) is 13.8 Å². The molecule has 0 unspecified atom stereocenters. The Labute approximate surface area is 121 Å². The molecule has 7 heteroatoms. The van der Waals surface area contributed by atoms with Crippen LogP contribution in [-0.2, 0) is 13.6 Å². The van der Waals surface area contributed by atoms with Crippen LogP contribution in [0.4, 0.5) is 0 Å². The van der Waals surface area contributed by atoms with Crippen LogP contribution in [0.25, 0.3) is 10.9 Å².